The second kappa shape index (κ2) is 5.17. The number of aryl methyl sites for hydroxylation is 1. The van der Waals surface area contributed by atoms with Crippen LogP contribution in [0, 0.1) is 0 Å². The number of nitrogen functional groups attached to an aromatic ring is 1. The van der Waals surface area contributed by atoms with Gasteiger partial charge in [0.15, 0.2) is 15.7 Å². The van der Waals surface area contributed by atoms with Gasteiger partial charge in [0.25, 0.3) is 0 Å². The highest BCUT2D eigenvalue weighted by molar-refractivity contribution is 7.91. The van der Waals surface area contributed by atoms with E-state index in [1.165, 1.54) is 0 Å². The summed E-state index contributed by atoms with van der Waals surface area (Å²) in [7, 11) is -1.56. The van der Waals surface area contributed by atoms with Crippen molar-refractivity contribution in [3.63, 3.8) is 0 Å². The first-order valence-corrected chi connectivity index (χ1v) is 8.07. The van der Waals surface area contributed by atoms with Gasteiger partial charge < -0.3 is 11.1 Å². The van der Waals surface area contributed by atoms with Crippen molar-refractivity contribution in [2.45, 2.75) is 18.4 Å². The van der Waals surface area contributed by atoms with Crippen LogP contribution in [-0.4, -0.2) is 28.3 Å². The van der Waals surface area contributed by atoms with E-state index in [9.17, 15) is 8.42 Å². The molecule has 0 radical (unpaired) electrons. The predicted molar refractivity (Wildman–Crippen MR) is 74.8 cm³/mol. The molecule has 19 heavy (non-hydrogen) atoms. The number of nitrogens with zero attached hydrogens (tertiary/aromatic N) is 3. The molecular formula is C10H15N5O2S2. The van der Waals surface area contributed by atoms with Gasteiger partial charge in [-0.1, -0.05) is 6.92 Å². The van der Waals surface area contributed by atoms with E-state index < -0.39 is 9.84 Å². The van der Waals surface area contributed by atoms with Crippen molar-refractivity contribution in [1.29, 1.82) is 0 Å². The fraction of sp³-hybridized carbons (Fsp3) is 0.400. The van der Waals surface area contributed by atoms with E-state index in [0.717, 1.165) is 17.2 Å². The fourth-order valence-corrected chi connectivity index (χ4v) is 3.74. The third kappa shape index (κ3) is 2.87. The average molecular weight is 301 g/mol. The van der Waals surface area contributed by atoms with Crippen LogP contribution in [-0.2, 0) is 23.4 Å². The number of hydrogen-bond acceptors (Lipinski definition) is 7. The molecule has 104 valence electrons. The van der Waals surface area contributed by atoms with Gasteiger partial charge in [0.1, 0.15) is 9.90 Å². The minimum absolute atomic E-state index is 0.00607. The first-order chi connectivity index (χ1) is 8.94. The van der Waals surface area contributed by atoms with E-state index in [1.807, 2.05) is 19.3 Å². The van der Waals surface area contributed by atoms with E-state index in [0.29, 0.717) is 11.5 Å². The molecular weight excluding hydrogens is 286 g/mol. The number of hydrogen-bond donors (Lipinski definition) is 2. The molecule has 3 N–H and O–H groups in total. The van der Waals surface area contributed by atoms with E-state index in [1.54, 1.807) is 11.6 Å². The van der Waals surface area contributed by atoms with Crippen molar-refractivity contribution in [2.75, 3.05) is 16.8 Å². The summed E-state index contributed by atoms with van der Waals surface area (Å²) in [5.41, 5.74) is 6.45. The summed E-state index contributed by atoms with van der Waals surface area (Å²) in [6.45, 7) is 2.00. The molecule has 2 aromatic rings. The number of nitrogens with two attached hydrogens (primary N) is 1. The normalized spacial score (nSPS) is 11.7. The molecule has 2 aromatic heterocycles. The summed E-state index contributed by atoms with van der Waals surface area (Å²) in [5, 5.41) is 7.69. The Labute approximate surface area is 115 Å². The van der Waals surface area contributed by atoms with Crippen LogP contribution in [0.4, 0.5) is 10.8 Å². The van der Waals surface area contributed by atoms with Crippen molar-refractivity contribution in [2.24, 2.45) is 7.05 Å². The molecule has 0 aliphatic rings. The molecule has 0 amide bonds. The molecule has 0 aliphatic heterocycles. The van der Waals surface area contributed by atoms with Crippen LogP contribution >= 0.6 is 11.5 Å². The monoisotopic (exact) mass is 301 g/mol. The zero-order valence-corrected chi connectivity index (χ0v) is 12.3. The molecule has 0 aromatic carbocycles. The molecule has 9 heteroatoms. The lowest BCUT2D eigenvalue weighted by molar-refractivity contribution is 0.598. The van der Waals surface area contributed by atoms with Crippen LogP contribution < -0.4 is 11.1 Å². The number of aromatic nitrogens is 3. The summed E-state index contributed by atoms with van der Waals surface area (Å²) in [5.74, 6) is 0.0452. The lowest BCUT2D eigenvalue weighted by Crippen LogP contribution is -2.09. The lowest BCUT2D eigenvalue weighted by Gasteiger charge is -2.05. The smallest absolute Gasteiger partial charge is 0.184 e. The van der Waals surface area contributed by atoms with Crippen molar-refractivity contribution in [3.05, 3.63) is 18.0 Å². The van der Waals surface area contributed by atoms with Gasteiger partial charge in [-0.05, 0) is 17.6 Å². The van der Waals surface area contributed by atoms with Gasteiger partial charge in [-0.15, -0.1) is 0 Å². The first-order valence-electron chi connectivity index (χ1n) is 5.64. The van der Waals surface area contributed by atoms with Crippen molar-refractivity contribution in [1.82, 2.24) is 14.2 Å². The Hall–Kier alpha value is -1.61. The minimum Gasteiger partial charge on any atom is -0.382 e. The largest absolute Gasteiger partial charge is 0.382 e. The summed E-state index contributed by atoms with van der Waals surface area (Å²) in [4.78, 5) is 0.0935. The Morgan fingerprint density at radius 2 is 2.26 bits per heavy atom. The summed E-state index contributed by atoms with van der Waals surface area (Å²) in [6, 6.07) is 1.85. The van der Waals surface area contributed by atoms with Crippen molar-refractivity contribution >= 4 is 32.2 Å². The number of nitrogens with one attached hydrogen (secondary N) is 1. The molecule has 0 fully saturated rings. The maximum atomic E-state index is 11.9. The summed E-state index contributed by atoms with van der Waals surface area (Å²) >= 11 is 1.04. The van der Waals surface area contributed by atoms with Crippen LogP contribution in [0.15, 0.2) is 17.2 Å². The van der Waals surface area contributed by atoms with Gasteiger partial charge in [-0.25, -0.2) is 8.42 Å². The number of anilines is 2. The van der Waals surface area contributed by atoms with E-state index in [-0.39, 0.29) is 16.5 Å². The topological polar surface area (TPSA) is 103 Å². The van der Waals surface area contributed by atoms with E-state index in [2.05, 4.69) is 14.8 Å². The predicted octanol–water partition coefficient (Wildman–Crippen LogP) is 0.865. The molecule has 0 spiro atoms. The van der Waals surface area contributed by atoms with Gasteiger partial charge in [0, 0.05) is 13.2 Å². The highest BCUT2D eigenvalue weighted by atomic mass is 32.2. The minimum atomic E-state index is -3.38. The Kier molecular flexibility index (Phi) is 3.76. The maximum absolute atomic E-state index is 11.9. The molecule has 2 rings (SSSR count). The Morgan fingerprint density at radius 3 is 2.84 bits per heavy atom. The van der Waals surface area contributed by atoms with Gasteiger partial charge in [0.05, 0.1) is 18.0 Å². The molecule has 7 nitrogen and oxygen atoms in total. The third-order valence-corrected chi connectivity index (χ3v) is 5.31. The second-order valence-corrected chi connectivity index (χ2v) is 6.95. The molecule has 0 bridgehead atoms. The average Bonchev–Trinajstić information content (AvgIpc) is 2.93. The van der Waals surface area contributed by atoms with Crippen LogP contribution in [0.5, 0.6) is 0 Å². The second-order valence-electron chi connectivity index (χ2n) is 3.96. The summed E-state index contributed by atoms with van der Waals surface area (Å²) in [6.07, 6.45) is 1.82. The van der Waals surface area contributed by atoms with Crippen LogP contribution in [0.2, 0.25) is 0 Å². The SMILES string of the molecule is CCS(=O)(=O)c1c(N)nsc1NCc1ccn(C)n1. The van der Waals surface area contributed by atoms with Crippen molar-refractivity contribution < 1.29 is 8.42 Å². The van der Waals surface area contributed by atoms with Crippen molar-refractivity contribution in [3.8, 4) is 0 Å². The zero-order chi connectivity index (χ0) is 14.0. The highest BCUT2D eigenvalue weighted by Gasteiger charge is 2.23. The van der Waals surface area contributed by atoms with Gasteiger partial charge in [-0.3, -0.25) is 4.68 Å². The van der Waals surface area contributed by atoms with Crippen LogP contribution in [0.1, 0.15) is 12.6 Å². The molecule has 0 saturated carbocycles. The molecule has 2 heterocycles. The van der Waals surface area contributed by atoms with Crippen LogP contribution in [0.3, 0.4) is 0 Å². The fourth-order valence-electron chi connectivity index (χ4n) is 1.58. The first kappa shape index (κ1) is 13.8. The Morgan fingerprint density at radius 1 is 1.53 bits per heavy atom. The maximum Gasteiger partial charge on any atom is 0.184 e. The number of rotatable bonds is 5. The van der Waals surface area contributed by atoms with Gasteiger partial charge in [0.2, 0.25) is 0 Å². The number of sulfone groups is 1. The van der Waals surface area contributed by atoms with Crippen LogP contribution in [0.25, 0.3) is 0 Å². The lowest BCUT2D eigenvalue weighted by atomic mass is 10.4. The Bertz CT molecular complexity index is 674. The standard InChI is InChI=1S/C10H15N5O2S2/c1-3-19(16,17)8-9(11)14-18-10(8)12-6-7-4-5-15(2)13-7/h4-5,12H,3,6H2,1-2H3,(H2,11,14). The third-order valence-electron chi connectivity index (χ3n) is 2.56. The molecule has 0 unspecified atom stereocenters. The zero-order valence-electron chi connectivity index (χ0n) is 10.6. The van der Waals surface area contributed by atoms with E-state index in [4.69, 9.17) is 5.73 Å². The van der Waals surface area contributed by atoms with E-state index >= 15 is 0 Å². The molecule has 0 saturated heterocycles. The molecule has 0 aliphatic carbocycles. The van der Waals surface area contributed by atoms with Gasteiger partial charge >= 0.3 is 0 Å². The van der Waals surface area contributed by atoms with Gasteiger partial charge in [-0.2, -0.15) is 9.47 Å². The molecule has 0 atom stereocenters. The summed E-state index contributed by atoms with van der Waals surface area (Å²) < 4.78 is 29.5. The highest BCUT2D eigenvalue weighted by Crippen LogP contribution is 2.32. The Balaban J connectivity index is 2.22. The quantitative estimate of drug-likeness (QED) is 0.849.